The molecule has 0 saturated heterocycles. The third-order valence-electron chi connectivity index (χ3n) is 2.59. The van der Waals surface area contributed by atoms with Crippen LogP contribution in [0.5, 0.6) is 11.5 Å². The van der Waals surface area contributed by atoms with Gasteiger partial charge in [0.2, 0.25) is 4.11 Å². The van der Waals surface area contributed by atoms with Crippen molar-refractivity contribution in [2.45, 2.75) is 10.5 Å². The van der Waals surface area contributed by atoms with E-state index in [1.54, 1.807) is 0 Å². The van der Waals surface area contributed by atoms with Gasteiger partial charge < -0.3 is 9.47 Å². The molecule has 0 spiro atoms. The molecule has 4 heteroatoms. The van der Waals surface area contributed by atoms with E-state index in [1.165, 1.54) is 0 Å². The van der Waals surface area contributed by atoms with Gasteiger partial charge in [-0.3, -0.25) is 4.79 Å². The van der Waals surface area contributed by atoms with E-state index in [4.69, 9.17) is 15.9 Å². The van der Waals surface area contributed by atoms with Crippen LogP contribution in [-0.4, -0.2) is 10.1 Å². The fraction of sp³-hybridized carbons (Fsp3) is 0.118. The number of terminal acetylenes is 1. The molecule has 0 bridgehead atoms. The van der Waals surface area contributed by atoms with Crippen molar-refractivity contribution < 1.29 is 14.3 Å². The number of esters is 1. The molecule has 2 aromatic rings. The summed E-state index contributed by atoms with van der Waals surface area (Å²) in [6.45, 7) is 0. The molecule has 3 nitrogen and oxygen atoms in total. The molecule has 0 amide bonds. The Bertz CT molecular complexity index is 647. The largest absolute Gasteiger partial charge is 0.457 e. The molecule has 2 aromatic carbocycles. The van der Waals surface area contributed by atoms with E-state index >= 15 is 0 Å². The molecule has 0 aliphatic carbocycles. The van der Waals surface area contributed by atoms with Crippen molar-refractivity contribution in [1.82, 2.24) is 0 Å². The molecule has 0 fully saturated rings. The van der Waals surface area contributed by atoms with Gasteiger partial charge in [-0.15, -0.1) is 6.42 Å². The lowest BCUT2D eigenvalue weighted by Crippen LogP contribution is -2.12. The number of benzene rings is 2. The highest BCUT2D eigenvalue weighted by Gasteiger charge is 2.09. The molecule has 0 N–H and O–H groups in total. The van der Waals surface area contributed by atoms with Crippen LogP contribution < -0.4 is 4.74 Å². The first-order chi connectivity index (χ1) is 10.2. The quantitative estimate of drug-likeness (QED) is 0.335. The topological polar surface area (TPSA) is 35.5 Å². The maximum absolute atomic E-state index is 11.7. The highest BCUT2D eigenvalue weighted by Crippen LogP contribution is 2.22. The van der Waals surface area contributed by atoms with Crippen molar-refractivity contribution in [1.29, 1.82) is 0 Å². The summed E-state index contributed by atoms with van der Waals surface area (Å²) in [6, 6.07) is 16.8. The maximum Gasteiger partial charge on any atom is 0.312 e. The molecule has 1 atom stereocenters. The van der Waals surface area contributed by atoms with Crippen molar-refractivity contribution in [3.8, 4) is 23.8 Å². The number of halogens is 1. The van der Waals surface area contributed by atoms with Crippen LogP contribution in [-0.2, 0) is 16.0 Å². The first kappa shape index (κ1) is 15.4. The standard InChI is InChI=1S/C17H13IO3/c1-2-16(18)21-17(19)12-13-7-6-10-15(11-13)20-14-8-4-3-5-9-14/h1,3-11,16H,12H2. The van der Waals surface area contributed by atoms with Crippen LogP contribution in [0.4, 0.5) is 0 Å². The third-order valence-corrected chi connectivity index (χ3v) is 3.21. The van der Waals surface area contributed by atoms with Gasteiger partial charge in [0.15, 0.2) is 0 Å². The minimum atomic E-state index is -0.543. The lowest BCUT2D eigenvalue weighted by Gasteiger charge is -2.08. The summed E-state index contributed by atoms with van der Waals surface area (Å²) in [5.74, 6) is 3.41. The molecule has 21 heavy (non-hydrogen) atoms. The predicted octanol–water partition coefficient (Wildman–Crippen LogP) is 3.96. The minimum Gasteiger partial charge on any atom is -0.457 e. The molecule has 0 aromatic heterocycles. The second-order valence-corrected chi connectivity index (χ2v) is 5.34. The summed E-state index contributed by atoms with van der Waals surface area (Å²) in [7, 11) is 0. The maximum atomic E-state index is 11.7. The van der Waals surface area contributed by atoms with Crippen LogP contribution in [0, 0.1) is 12.3 Å². The van der Waals surface area contributed by atoms with Crippen molar-refractivity contribution in [3.63, 3.8) is 0 Å². The Kier molecular flexibility index (Phi) is 5.64. The van der Waals surface area contributed by atoms with E-state index in [9.17, 15) is 4.79 Å². The van der Waals surface area contributed by atoms with Gasteiger partial charge in [0.1, 0.15) is 11.5 Å². The minimum absolute atomic E-state index is 0.160. The Hall–Kier alpha value is -2.00. The number of hydrogen-bond acceptors (Lipinski definition) is 3. The second-order valence-electron chi connectivity index (χ2n) is 4.21. The van der Waals surface area contributed by atoms with E-state index in [0.29, 0.717) is 5.75 Å². The number of ether oxygens (including phenoxy) is 2. The molecule has 2 rings (SSSR count). The Balaban J connectivity index is 2.01. The Morgan fingerprint density at radius 2 is 1.86 bits per heavy atom. The van der Waals surface area contributed by atoms with E-state index in [1.807, 2.05) is 77.2 Å². The molecule has 0 radical (unpaired) electrons. The van der Waals surface area contributed by atoms with Gasteiger partial charge in [-0.25, -0.2) is 0 Å². The van der Waals surface area contributed by atoms with E-state index in [-0.39, 0.29) is 12.4 Å². The van der Waals surface area contributed by atoms with Crippen molar-refractivity contribution >= 4 is 28.6 Å². The number of carbonyl (C=O) groups excluding carboxylic acids is 1. The summed E-state index contributed by atoms with van der Waals surface area (Å²) in [5.41, 5.74) is 0.814. The monoisotopic (exact) mass is 392 g/mol. The molecular formula is C17H13IO3. The van der Waals surface area contributed by atoms with Gasteiger partial charge in [-0.2, -0.15) is 0 Å². The van der Waals surface area contributed by atoms with E-state index < -0.39 is 4.11 Å². The van der Waals surface area contributed by atoms with Crippen molar-refractivity contribution in [3.05, 3.63) is 60.2 Å². The van der Waals surface area contributed by atoms with Gasteiger partial charge in [0.25, 0.3) is 0 Å². The zero-order valence-corrected chi connectivity index (χ0v) is 13.3. The van der Waals surface area contributed by atoms with Crippen molar-refractivity contribution in [2.75, 3.05) is 0 Å². The van der Waals surface area contributed by atoms with Crippen LogP contribution >= 0.6 is 22.6 Å². The van der Waals surface area contributed by atoms with Crippen molar-refractivity contribution in [2.24, 2.45) is 0 Å². The normalized spacial score (nSPS) is 11.2. The highest BCUT2D eigenvalue weighted by molar-refractivity contribution is 14.1. The number of rotatable bonds is 5. The second kappa shape index (κ2) is 7.70. The molecular weight excluding hydrogens is 379 g/mol. The van der Waals surface area contributed by atoms with Crippen LogP contribution in [0.2, 0.25) is 0 Å². The van der Waals surface area contributed by atoms with Crippen LogP contribution in [0.1, 0.15) is 5.56 Å². The Morgan fingerprint density at radius 1 is 1.14 bits per heavy atom. The first-order valence-corrected chi connectivity index (χ1v) is 7.53. The summed E-state index contributed by atoms with van der Waals surface area (Å²) in [6.07, 6.45) is 5.33. The Labute approximate surface area is 137 Å². The van der Waals surface area contributed by atoms with E-state index in [2.05, 4.69) is 5.92 Å². The smallest absolute Gasteiger partial charge is 0.312 e. The van der Waals surface area contributed by atoms with Crippen LogP contribution in [0.25, 0.3) is 0 Å². The fourth-order valence-electron chi connectivity index (χ4n) is 1.70. The molecule has 0 aliphatic heterocycles. The number of hydrogen-bond donors (Lipinski definition) is 0. The molecule has 1 unspecified atom stereocenters. The SMILES string of the molecule is C#CC(I)OC(=O)Cc1cccc(Oc2ccccc2)c1. The average Bonchev–Trinajstić information content (AvgIpc) is 2.48. The molecule has 0 saturated carbocycles. The lowest BCUT2D eigenvalue weighted by atomic mass is 10.1. The van der Waals surface area contributed by atoms with Gasteiger partial charge in [-0.1, -0.05) is 36.3 Å². The lowest BCUT2D eigenvalue weighted by molar-refractivity contribution is -0.142. The van der Waals surface area contributed by atoms with Crippen LogP contribution in [0.15, 0.2) is 54.6 Å². The number of para-hydroxylation sites is 1. The predicted molar refractivity (Wildman–Crippen MR) is 89.4 cm³/mol. The number of alkyl halides is 1. The molecule has 106 valence electrons. The summed E-state index contributed by atoms with van der Waals surface area (Å²) >= 11 is 1.88. The highest BCUT2D eigenvalue weighted by atomic mass is 127. The summed E-state index contributed by atoms with van der Waals surface area (Å²) in [5, 5.41) is 0. The third kappa shape index (κ3) is 5.12. The molecule has 0 heterocycles. The van der Waals surface area contributed by atoms with E-state index in [0.717, 1.165) is 11.3 Å². The zero-order valence-electron chi connectivity index (χ0n) is 11.2. The van der Waals surface area contributed by atoms with Gasteiger partial charge in [-0.05, 0) is 52.4 Å². The number of carbonyl (C=O) groups is 1. The molecule has 0 aliphatic rings. The Morgan fingerprint density at radius 3 is 2.57 bits per heavy atom. The van der Waals surface area contributed by atoms with Crippen LogP contribution in [0.3, 0.4) is 0 Å². The fourth-order valence-corrected chi connectivity index (χ4v) is 1.98. The van der Waals surface area contributed by atoms with Gasteiger partial charge >= 0.3 is 5.97 Å². The zero-order chi connectivity index (χ0) is 15.1. The first-order valence-electron chi connectivity index (χ1n) is 6.29. The summed E-state index contributed by atoms with van der Waals surface area (Å²) < 4.78 is 10.2. The average molecular weight is 392 g/mol. The van der Waals surface area contributed by atoms with Gasteiger partial charge in [0.05, 0.1) is 6.42 Å². The summed E-state index contributed by atoms with van der Waals surface area (Å²) in [4.78, 5) is 11.7. The van der Waals surface area contributed by atoms with Gasteiger partial charge in [0, 0.05) is 0 Å².